The van der Waals surface area contributed by atoms with Crippen molar-refractivity contribution in [2.24, 2.45) is 5.92 Å². The van der Waals surface area contributed by atoms with E-state index in [1.165, 1.54) is 0 Å². The van der Waals surface area contributed by atoms with E-state index in [1.54, 1.807) is 0 Å². The van der Waals surface area contributed by atoms with Gasteiger partial charge in [0.15, 0.2) is 0 Å². The van der Waals surface area contributed by atoms with E-state index >= 15 is 0 Å². The Hall–Kier alpha value is -0.0900. The van der Waals surface area contributed by atoms with Crippen molar-refractivity contribution < 1.29 is 4.79 Å². The zero-order valence-electron chi connectivity index (χ0n) is 8.76. The van der Waals surface area contributed by atoms with Crippen molar-refractivity contribution >= 4 is 21.8 Å². The van der Waals surface area contributed by atoms with E-state index in [1.807, 2.05) is 4.90 Å². The molecule has 0 aliphatic carbocycles. The number of carbonyl (C=O) groups is 1. The van der Waals surface area contributed by atoms with Crippen LogP contribution in [0.15, 0.2) is 0 Å². The Kier molecular flexibility index (Phi) is 5.48. The van der Waals surface area contributed by atoms with Crippen molar-refractivity contribution in [2.45, 2.75) is 19.8 Å². The molecule has 4 heteroatoms. The van der Waals surface area contributed by atoms with Gasteiger partial charge < -0.3 is 10.2 Å². The minimum Gasteiger partial charge on any atom is -0.342 e. The van der Waals surface area contributed by atoms with E-state index in [-0.39, 0.29) is 0 Å². The number of carbonyl (C=O) groups excluding carboxylic acids is 1. The fourth-order valence-electron chi connectivity index (χ4n) is 1.75. The predicted octanol–water partition coefficient (Wildman–Crippen LogP) is 1.23. The molecule has 0 aromatic rings. The van der Waals surface area contributed by atoms with Gasteiger partial charge in [-0.05, 0) is 25.4 Å². The molecule has 14 heavy (non-hydrogen) atoms. The summed E-state index contributed by atoms with van der Waals surface area (Å²) in [5.41, 5.74) is 0. The normalized spacial score (nSPS) is 22.0. The Morgan fingerprint density at radius 1 is 1.64 bits per heavy atom. The summed E-state index contributed by atoms with van der Waals surface area (Å²) in [6, 6.07) is 0. The summed E-state index contributed by atoms with van der Waals surface area (Å²) in [5.74, 6) is 0.854. The average molecular weight is 263 g/mol. The lowest BCUT2D eigenvalue weighted by molar-refractivity contribution is -0.127. The summed E-state index contributed by atoms with van der Waals surface area (Å²) in [5, 5.41) is 4.21. The first-order valence-corrected chi connectivity index (χ1v) is 6.44. The van der Waals surface area contributed by atoms with Crippen LogP contribution in [0.4, 0.5) is 0 Å². The highest BCUT2D eigenvalue weighted by atomic mass is 79.9. The second kappa shape index (κ2) is 6.40. The Bertz CT molecular complexity index is 187. The Labute approximate surface area is 94.4 Å². The van der Waals surface area contributed by atoms with Crippen LogP contribution in [0.2, 0.25) is 0 Å². The fourth-order valence-corrected chi connectivity index (χ4v) is 2.18. The molecular formula is C10H19BrN2O. The van der Waals surface area contributed by atoms with Crippen LogP contribution in [0.1, 0.15) is 19.8 Å². The van der Waals surface area contributed by atoms with E-state index in [2.05, 4.69) is 28.2 Å². The first-order valence-electron chi connectivity index (χ1n) is 5.32. The van der Waals surface area contributed by atoms with E-state index in [0.717, 1.165) is 44.4 Å². The zero-order chi connectivity index (χ0) is 10.4. The first kappa shape index (κ1) is 12.0. The van der Waals surface area contributed by atoms with Gasteiger partial charge in [0.2, 0.25) is 5.91 Å². The summed E-state index contributed by atoms with van der Waals surface area (Å²) in [7, 11) is 0. The second-order valence-corrected chi connectivity index (χ2v) is 4.42. The Morgan fingerprint density at radius 3 is 3.00 bits per heavy atom. The summed E-state index contributed by atoms with van der Waals surface area (Å²) in [6.45, 7) is 5.98. The van der Waals surface area contributed by atoms with E-state index in [9.17, 15) is 4.79 Å². The van der Waals surface area contributed by atoms with Gasteiger partial charge in [-0.1, -0.05) is 22.9 Å². The highest BCUT2D eigenvalue weighted by Crippen LogP contribution is 2.19. The summed E-state index contributed by atoms with van der Waals surface area (Å²) < 4.78 is 0. The zero-order valence-corrected chi connectivity index (χ0v) is 10.3. The maximum atomic E-state index is 11.5. The summed E-state index contributed by atoms with van der Waals surface area (Å²) >= 11 is 3.43. The van der Waals surface area contributed by atoms with Crippen LogP contribution in [0.25, 0.3) is 0 Å². The minimum atomic E-state index is 0.325. The number of nitrogens with one attached hydrogen (secondary N) is 1. The van der Waals surface area contributed by atoms with E-state index in [4.69, 9.17) is 0 Å². The molecule has 3 nitrogen and oxygen atoms in total. The highest BCUT2D eigenvalue weighted by molar-refractivity contribution is 9.09. The smallest absolute Gasteiger partial charge is 0.222 e. The van der Waals surface area contributed by atoms with Crippen LogP contribution in [0.5, 0.6) is 0 Å². The molecule has 1 aliphatic rings. The molecule has 0 aromatic carbocycles. The third kappa shape index (κ3) is 3.58. The van der Waals surface area contributed by atoms with Crippen LogP contribution in [-0.4, -0.2) is 42.3 Å². The molecule has 1 rings (SSSR count). The fraction of sp³-hybridized carbons (Fsp3) is 0.900. The molecule has 0 spiro atoms. The number of nitrogens with zero attached hydrogens (tertiary/aromatic N) is 1. The number of halogens is 1. The molecule has 1 heterocycles. The lowest BCUT2D eigenvalue weighted by Crippen LogP contribution is -2.29. The van der Waals surface area contributed by atoms with E-state index < -0.39 is 0 Å². The van der Waals surface area contributed by atoms with Crippen molar-refractivity contribution in [3.63, 3.8) is 0 Å². The molecule has 1 aliphatic heterocycles. The highest BCUT2D eigenvalue weighted by Gasteiger charge is 2.27. The lowest BCUT2D eigenvalue weighted by Gasteiger charge is -2.15. The van der Waals surface area contributed by atoms with Gasteiger partial charge in [0.1, 0.15) is 0 Å². The van der Waals surface area contributed by atoms with Gasteiger partial charge in [0, 0.05) is 24.8 Å². The molecular weight excluding hydrogens is 244 g/mol. The van der Waals surface area contributed by atoms with Crippen molar-refractivity contribution in [3.8, 4) is 0 Å². The van der Waals surface area contributed by atoms with Crippen LogP contribution >= 0.6 is 15.9 Å². The monoisotopic (exact) mass is 262 g/mol. The number of hydrogen-bond donors (Lipinski definition) is 1. The Morgan fingerprint density at radius 2 is 2.43 bits per heavy atom. The van der Waals surface area contributed by atoms with Gasteiger partial charge in [-0.25, -0.2) is 0 Å². The summed E-state index contributed by atoms with van der Waals surface area (Å²) in [4.78, 5) is 13.5. The molecule has 1 N–H and O–H groups in total. The van der Waals surface area contributed by atoms with Gasteiger partial charge >= 0.3 is 0 Å². The molecule has 1 amide bonds. The predicted molar refractivity (Wildman–Crippen MR) is 61.6 cm³/mol. The van der Waals surface area contributed by atoms with E-state index in [0.29, 0.717) is 11.8 Å². The maximum absolute atomic E-state index is 11.5. The quantitative estimate of drug-likeness (QED) is 0.577. The number of likely N-dealkylation sites (tertiary alicyclic amines) is 1. The molecule has 0 aromatic heterocycles. The third-order valence-electron chi connectivity index (χ3n) is 2.54. The molecule has 1 unspecified atom stereocenters. The van der Waals surface area contributed by atoms with Gasteiger partial charge in [0.25, 0.3) is 0 Å². The molecule has 0 saturated carbocycles. The molecule has 0 bridgehead atoms. The van der Waals surface area contributed by atoms with Gasteiger partial charge in [0.05, 0.1) is 0 Å². The molecule has 1 saturated heterocycles. The third-order valence-corrected chi connectivity index (χ3v) is 3.46. The molecule has 82 valence electrons. The molecule has 0 radical (unpaired) electrons. The number of amides is 1. The Balaban J connectivity index is 2.15. The van der Waals surface area contributed by atoms with Crippen LogP contribution in [0, 0.1) is 5.92 Å². The van der Waals surface area contributed by atoms with Crippen LogP contribution in [0.3, 0.4) is 0 Å². The largest absolute Gasteiger partial charge is 0.342 e. The van der Waals surface area contributed by atoms with Gasteiger partial charge in [-0.2, -0.15) is 0 Å². The summed E-state index contributed by atoms with van der Waals surface area (Å²) in [6.07, 6.45) is 1.79. The SMILES string of the molecule is CCNCCCN1CC(CBr)CC1=O. The van der Waals surface area contributed by atoms with Gasteiger partial charge in [-0.15, -0.1) is 0 Å². The topological polar surface area (TPSA) is 32.3 Å². The number of alkyl halides is 1. The maximum Gasteiger partial charge on any atom is 0.222 e. The number of hydrogen-bond acceptors (Lipinski definition) is 2. The molecule has 1 atom stereocenters. The van der Waals surface area contributed by atoms with Crippen molar-refractivity contribution in [2.75, 3.05) is 31.5 Å². The van der Waals surface area contributed by atoms with Crippen molar-refractivity contribution in [3.05, 3.63) is 0 Å². The van der Waals surface area contributed by atoms with Crippen LogP contribution < -0.4 is 5.32 Å². The van der Waals surface area contributed by atoms with Gasteiger partial charge in [-0.3, -0.25) is 4.79 Å². The molecule has 1 fully saturated rings. The average Bonchev–Trinajstić information content (AvgIpc) is 2.54. The second-order valence-electron chi connectivity index (χ2n) is 3.77. The number of rotatable bonds is 6. The standard InChI is InChI=1S/C10H19BrN2O/c1-2-12-4-3-5-13-8-9(7-11)6-10(13)14/h9,12H,2-8H2,1H3. The van der Waals surface area contributed by atoms with Crippen molar-refractivity contribution in [1.82, 2.24) is 10.2 Å². The lowest BCUT2D eigenvalue weighted by atomic mass is 10.2. The first-order chi connectivity index (χ1) is 6.77. The van der Waals surface area contributed by atoms with Crippen LogP contribution in [-0.2, 0) is 4.79 Å². The van der Waals surface area contributed by atoms with Crippen molar-refractivity contribution in [1.29, 1.82) is 0 Å². The minimum absolute atomic E-state index is 0.325.